The molecular formula is C13H14BrN3O3. The molecule has 2 N–H and O–H groups in total. The number of phenolic OH excluding ortho intramolecular Hbond substituents is 1. The van der Waals surface area contributed by atoms with E-state index in [1.165, 1.54) is 6.07 Å². The lowest BCUT2D eigenvalue weighted by atomic mass is 10.2. The van der Waals surface area contributed by atoms with Gasteiger partial charge in [0.25, 0.3) is 5.91 Å². The minimum atomic E-state index is -0.227. The second-order valence-corrected chi connectivity index (χ2v) is 5.12. The first-order chi connectivity index (χ1) is 9.56. The molecular weight excluding hydrogens is 326 g/mol. The Balaban J connectivity index is 1.78. The van der Waals surface area contributed by atoms with Crippen molar-refractivity contribution in [2.24, 2.45) is 0 Å². The summed E-state index contributed by atoms with van der Waals surface area (Å²) in [6, 6.07) is 4.69. The Labute approximate surface area is 124 Å². The first-order valence-corrected chi connectivity index (χ1v) is 6.91. The molecule has 0 saturated heterocycles. The third-order valence-corrected chi connectivity index (χ3v) is 3.30. The normalized spacial score (nSPS) is 10.5. The quantitative estimate of drug-likeness (QED) is 0.815. The van der Waals surface area contributed by atoms with Crippen molar-refractivity contribution in [2.45, 2.75) is 19.8 Å². The number of aromatic hydroxyl groups is 1. The Kier molecular flexibility index (Phi) is 4.73. The van der Waals surface area contributed by atoms with E-state index in [9.17, 15) is 9.90 Å². The highest BCUT2D eigenvalue weighted by atomic mass is 79.9. The molecule has 0 spiro atoms. The van der Waals surface area contributed by atoms with Gasteiger partial charge in [-0.3, -0.25) is 4.79 Å². The number of aryl methyl sites for hydroxylation is 2. The van der Waals surface area contributed by atoms with Gasteiger partial charge in [-0.05, 0) is 47.5 Å². The predicted octanol–water partition coefficient (Wildman–Crippen LogP) is 2.21. The van der Waals surface area contributed by atoms with Crippen LogP contribution in [0.3, 0.4) is 0 Å². The smallest absolute Gasteiger partial charge is 0.251 e. The van der Waals surface area contributed by atoms with E-state index in [2.05, 4.69) is 31.4 Å². The van der Waals surface area contributed by atoms with Crippen molar-refractivity contribution >= 4 is 21.8 Å². The zero-order chi connectivity index (χ0) is 14.5. The highest BCUT2D eigenvalue weighted by molar-refractivity contribution is 9.10. The average molecular weight is 340 g/mol. The van der Waals surface area contributed by atoms with Crippen molar-refractivity contribution in [3.63, 3.8) is 0 Å². The molecule has 0 saturated carbocycles. The predicted molar refractivity (Wildman–Crippen MR) is 75.5 cm³/mol. The van der Waals surface area contributed by atoms with Crippen molar-refractivity contribution < 1.29 is 14.4 Å². The molecule has 0 aliphatic heterocycles. The van der Waals surface area contributed by atoms with Crippen LogP contribution in [0.5, 0.6) is 5.75 Å². The number of halogens is 1. The van der Waals surface area contributed by atoms with Gasteiger partial charge in [-0.1, -0.05) is 5.16 Å². The van der Waals surface area contributed by atoms with Crippen LogP contribution in [0.2, 0.25) is 0 Å². The number of hydrogen-bond acceptors (Lipinski definition) is 5. The van der Waals surface area contributed by atoms with E-state index >= 15 is 0 Å². The number of hydrogen-bond donors (Lipinski definition) is 2. The standard InChI is InChI=1S/C13H14BrN3O3/c1-8-16-12(20-17-8)3-2-6-15-13(19)9-4-5-10(14)11(18)7-9/h4-5,7,18H,2-3,6H2,1H3,(H,15,19). The maximum absolute atomic E-state index is 11.8. The van der Waals surface area contributed by atoms with Gasteiger partial charge < -0.3 is 14.9 Å². The van der Waals surface area contributed by atoms with E-state index in [1.54, 1.807) is 19.1 Å². The lowest BCUT2D eigenvalue weighted by Gasteiger charge is -2.05. The number of amides is 1. The van der Waals surface area contributed by atoms with E-state index in [-0.39, 0.29) is 11.7 Å². The number of nitrogens with zero attached hydrogens (tertiary/aromatic N) is 2. The van der Waals surface area contributed by atoms with Gasteiger partial charge in [0.15, 0.2) is 5.82 Å². The van der Waals surface area contributed by atoms with Crippen LogP contribution in [0.4, 0.5) is 0 Å². The largest absolute Gasteiger partial charge is 0.507 e. The number of carbonyl (C=O) groups is 1. The van der Waals surface area contributed by atoms with Crippen molar-refractivity contribution in [3.05, 3.63) is 40.0 Å². The summed E-state index contributed by atoms with van der Waals surface area (Å²) < 4.78 is 5.53. The summed E-state index contributed by atoms with van der Waals surface area (Å²) in [5.74, 6) is 0.987. The maximum Gasteiger partial charge on any atom is 0.251 e. The first kappa shape index (κ1) is 14.5. The van der Waals surface area contributed by atoms with Crippen molar-refractivity contribution in [1.29, 1.82) is 0 Å². The van der Waals surface area contributed by atoms with Gasteiger partial charge >= 0.3 is 0 Å². The molecule has 0 fully saturated rings. The van der Waals surface area contributed by atoms with Gasteiger partial charge in [0, 0.05) is 18.5 Å². The van der Waals surface area contributed by atoms with Gasteiger partial charge in [0.05, 0.1) is 4.47 Å². The topological polar surface area (TPSA) is 88.2 Å². The molecule has 0 radical (unpaired) electrons. The van der Waals surface area contributed by atoms with Gasteiger partial charge in [-0.25, -0.2) is 0 Å². The van der Waals surface area contributed by atoms with E-state index < -0.39 is 0 Å². The van der Waals surface area contributed by atoms with E-state index in [0.29, 0.717) is 41.1 Å². The summed E-state index contributed by atoms with van der Waals surface area (Å²) in [5, 5.41) is 16.0. The molecule has 0 atom stereocenters. The van der Waals surface area contributed by atoms with Gasteiger partial charge in [-0.2, -0.15) is 4.98 Å². The van der Waals surface area contributed by atoms with Crippen LogP contribution in [-0.4, -0.2) is 27.7 Å². The third-order valence-electron chi connectivity index (χ3n) is 2.63. The SMILES string of the molecule is Cc1noc(CCCNC(=O)c2ccc(Br)c(O)c2)n1. The van der Waals surface area contributed by atoms with Crippen LogP contribution < -0.4 is 5.32 Å². The Morgan fingerprint density at radius 1 is 1.50 bits per heavy atom. The van der Waals surface area contributed by atoms with Crippen LogP contribution >= 0.6 is 15.9 Å². The molecule has 2 aromatic rings. The fourth-order valence-corrected chi connectivity index (χ4v) is 1.89. The summed E-state index contributed by atoms with van der Waals surface area (Å²) in [4.78, 5) is 15.9. The van der Waals surface area contributed by atoms with E-state index in [1.807, 2.05) is 0 Å². The Hall–Kier alpha value is -1.89. The minimum Gasteiger partial charge on any atom is -0.507 e. The molecule has 1 aromatic carbocycles. The first-order valence-electron chi connectivity index (χ1n) is 6.12. The van der Waals surface area contributed by atoms with Gasteiger partial charge in [0.2, 0.25) is 5.89 Å². The second kappa shape index (κ2) is 6.51. The van der Waals surface area contributed by atoms with Crippen LogP contribution in [-0.2, 0) is 6.42 Å². The summed E-state index contributed by atoms with van der Waals surface area (Å²) in [6.45, 7) is 2.26. The van der Waals surface area contributed by atoms with Crippen LogP contribution in [0.15, 0.2) is 27.2 Å². The van der Waals surface area contributed by atoms with Crippen molar-refractivity contribution in [2.75, 3.05) is 6.54 Å². The summed E-state index contributed by atoms with van der Waals surface area (Å²) in [5.41, 5.74) is 0.416. The summed E-state index contributed by atoms with van der Waals surface area (Å²) >= 11 is 3.17. The molecule has 1 heterocycles. The number of aromatic nitrogens is 2. The zero-order valence-corrected chi connectivity index (χ0v) is 12.5. The van der Waals surface area contributed by atoms with Gasteiger partial charge in [0.1, 0.15) is 5.75 Å². The molecule has 0 aliphatic carbocycles. The lowest BCUT2D eigenvalue weighted by Crippen LogP contribution is -2.24. The molecule has 0 aliphatic rings. The molecule has 2 rings (SSSR count). The van der Waals surface area contributed by atoms with Crippen molar-refractivity contribution in [3.8, 4) is 5.75 Å². The fraction of sp³-hybridized carbons (Fsp3) is 0.308. The number of benzene rings is 1. The Morgan fingerprint density at radius 2 is 2.30 bits per heavy atom. The molecule has 106 valence electrons. The number of carbonyl (C=O) groups excluding carboxylic acids is 1. The Morgan fingerprint density at radius 3 is 2.95 bits per heavy atom. The zero-order valence-electron chi connectivity index (χ0n) is 10.9. The lowest BCUT2D eigenvalue weighted by molar-refractivity contribution is 0.0952. The van der Waals surface area contributed by atoms with Crippen LogP contribution in [0.1, 0.15) is 28.5 Å². The molecule has 6 nitrogen and oxygen atoms in total. The minimum absolute atomic E-state index is 0.0407. The average Bonchev–Trinajstić information content (AvgIpc) is 2.83. The van der Waals surface area contributed by atoms with Gasteiger partial charge in [-0.15, -0.1) is 0 Å². The monoisotopic (exact) mass is 339 g/mol. The summed E-state index contributed by atoms with van der Waals surface area (Å²) in [7, 11) is 0. The molecule has 0 bridgehead atoms. The Bertz CT molecular complexity index is 613. The molecule has 1 aromatic heterocycles. The number of nitrogens with one attached hydrogen (secondary N) is 1. The second-order valence-electron chi connectivity index (χ2n) is 4.26. The molecule has 20 heavy (non-hydrogen) atoms. The van der Waals surface area contributed by atoms with E-state index in [4.69, 9.17) is 4.52 Å². The summed E-state index contributed by atoms with van der Waals surface area (Å²) in [6.07, 6.45) is 1.32. The van der Waals surface area contributed by atoms with Crippen LogP contribution in [0.25, 0.3) is 0 Å². The molecule has 1 amide bonds. The molecule has 0 unspecified atom stereocenters. The van der Waals surface area contributed by atoms with Crippen molar-refractivity contribution in [1.82, 2.24) is 15.5 Å². The highest BCUT2D eigenvalue weighted by Gasteiger charge is 2.08. The molecule has 7 heteroatoms. The number of phenols is 1. The van der Waals surface area contributed by atoms with Crippen LogP contribution in [0, 0.1) is 6.92 Å². The number of rotatable bonds is 5. The van der Waals surface area contributed by atoms with E-state index in [0.717, 1.165) is 0 Å². The maximum atomic E-state index is 11.8. The highest BCUT2D eigenvalue weighted by Crippen LogP contribution is 2.24. The third kappa shape index (κ3) is 3.80. The fourth-order valence-electron chi connectivity index (χ4n) is 1.64.